The monoisotopic (exact) mass is 352 g/mol. The van der Waals surface area contributed by atoms with Crippen LogP contribution in [0.2, 0.25) is 0 Å². The molecular weight excluding hydrogens is 327 g/mol. The molecule has 1 heterocycles. The Morgan fingerprint density at radius 1 is 1.36 bits per heavy atom. The molecule has 2 amide bonds. The summed E-state index contributed by atoms with van der Waals surface area (Å²) in [7, 11) is 1.61. The summed E-state index contributed by atoms with van der Waals surface area (Å²) >= 11 is 0. The van der Waals surface area contributed by atoms with E-state index in [1.54, 1.807) is 26.2 Å². The standard InChI is InChI=1S/C18H25FN2O4/c1-13-4-5-16(15(19)10-13)21-12-14(11-17(21)22)18(23)20-6-3-7-25-9-8-24-2/h4-5,10,14H,3,6-9,11-12H2,1-2H3,(H,20,23)/t14-/m1/s1. The van der Waals surface area contributed by atoms with E-state index in [0.717, 1.165) is 5.56 Å². The Labute approximate surface area is 147 Å². The number of aryl methyl sites for hydroxylation is 1. The highest BCUT2D eigenvalue weighted by Gasteiger charge is 2.35. The van der Waals surface area contributed by atoms with Crippen molar-refractivity contribution in [2.75, 3.05) is 44.9 Å². The number of ether oxygens (including phenoxy) is 2. The molecule has 1 aliphatic heterocycles. The maximum atomic E-state index is 14.1. The molecule has 138 valence electrons. The number of nitrogens with zero attached hydrogens (tertiary/aromatic N) is 1. The van der Waals surface area contributed by atoms with Crippen LogP contribution in [-0.2, 0) is 19.1 Å². The number of carbonyl (C=O) groups excluding carboxylic acids is 2. The number of anilines is 1. The highest BCUT2D eigenvalue weighted by molar-refractivity contribution is 6.00. The predicted molar refractivity (Wildman–Crippen MR) is 91.9 cm³/mol. The van der Waals surface area contributed by atoms with Gasteiger partial charge in [0, 0.05) is 33.2 Å². The summed E-state index contributed by atoms with van der Waals surface area (Å²) in [6.07, 6.45) is 0.788. The third-order valence-electron chi connectivity index (χ3n) is 4.09. The summed E-state index contributed by atoms with van der Waals surface area (Å²) < 4.78 is 24.2. The fraction of sp³-hybridized carbons (Fsp3) is 0.556. The van der Waals surface area contributed by atoms with Crippen LogP contribution in [0.15, 0.2) is 18.2 Å². The van der Waals surface area contributed by atoms with E-state index in [-0.39, 0.29) is 30.5 Å². The Hall–Kier alpha value is -1.99. The van der Waals surface area contributed by atoms with Gasteiger partial charge in [0.2, 0.25) is 11.8 Å². The summed E-state index contributed by atoms with van der Waals surface area (Å²) in [6, 6.07) is 4.72. The van der Waals surface area contributed by atoms with Crippen LogP contribution in [0.25, 0.3) is 0 Å². The van der Waals surface area contributed by atoms with Crippen LogP contribution < -0.4 is 10.2 Å². The highest BCUT2D eigenvalue weighted by Crippen LogP contribution is 2.28. The van der Waals surface area contributed by atoms with Gasteiger partial charge in [-0.3, -0.25) is 9.59 Å². The van der Waals surface area contributed by atoms with E-state index in [9.17, 15) is 14.0 Å². The van der Waals surface area contributed by atoms with Gasteiger partial charge in [-0.15, -0.1) is 0 Å². The van der Waals surface area contributed by atoms with Crippen molar-refractivity contribution < 1.29 is 23.5 Å². The van der Waals surface area contributed by atoms with Crippen molar-refractivity contribution in [2.24, 2.45) is 5.92 Å². The van der Waals surface area contributed by atoms with Gasteiger partial charge in [0.1, 0.15) is 5.82 Å². The number of hydrogen-bond donors (Lipinski definition) is 1. The Bertz CT molecular complexity index is 609. The normalized spacial score (nSPS) is 17.2. The number of methoxy groups -OCH3 is 1. The van der Waals surface area contributed by atoms with Crippen molar-refractivity contribution in [3.63, 3.8) is 0 Å². The van der Waals surface area contributed by atoms with Crippen LogP contribution in [0.5, 0.6) is 0 Å². The third kappa shape index (κ3) is 5.51. The molecule has 25 heavy (non-hydrogen) atoms. The lowest BCUT2D eigenvalue weighted by Crippen LogP contribution is -2.34. The molecule has 1 fully saturated rings. The minimum Gasteiger partial charge on any atom is -0.382 e. The van der Waals surface area contributed by atoms with E-state index in [2.05, 4.69) is 5.32 Å². The van der Waals surface area contributed by atoms with Gasteiger partial charge >= 0.3 is 0 Å². The second-order valence-corrected chi connectivity index (χ2v) is 6.11. The lowest BCUT2D eigenvalue weighted by atomic mass is 10.1. The van der Waals surface area contributed by atoms with Gasteiger partial charge in [0.15, 0.2) is 0 Å². The molecule has 1 saturated heterocycles. The van der Waals surface area contributed by atoms with Crippen molar-refractivity contribution in [3.05, 3.63) is 29.6 Å². The molecule has 1 atom stereocenters. The summed E-state index contributed by atoms with van der Waals surface area (Å²) in [5.41, 5.74) is 1.02. The average Bonchev–Trinajstić information content (AvgIpc) is 2.95. The molecule has 1 aromatic carbocycles. The number of amides is 2. The Morgan fingerprint density at radius 2 is 2.16 bits per heavy atom. The molecule has 0 aromatic heterocycles. The zero-order valence-electron chi connectivity index (χ0n) is 14.7. The minimum atomic E-state index is -0.456. The van der Waals surface area contributed by atoms with E-state index < -0.39 is 11.7 Å². The van der Waals surface area contributed by atoms with E-state index in [4.69, 9.17) is 9.47 Å². The van der Waals surface area contributed by atoms with Crippen molar-refractivity contribution in [1.29, 1.82) is 0 Å². The van der Waals surface area contributed by atoms with Crippen molar-refractivity contribution >= 4 is 17.5 Å². The molecule has 0 radical (unpaired) electrons. The maximum Gasteiger partial charge on any atom is 0.227 e. The molecule has 6 nitrogen and oxygen atoms in total. The molecule has 1 aromatic rings. The van der Waals surface area contributed by atoms with E-state index in [1.165, 1.54) is 11.0 Å². The molecule has 0 aliphatic carbocycles. The van der Waals surface area contributed by atoms with Crippen molar-refractivity contribution in [2.45, 2.75) is 19.8 Å². The molecule has 0 spiro atoms. The molecule has 0 bridgehead atoms. The lowest BCUT2D eigenvalue weighted by molar-refractivity contribution is -0.126. The first kappa shape index (κ1) is 19.3. The number of carbonyl (C=O) groups is 2. The Balaban J connectivity index is 1.78. The van der Waals surface area contributed by atoms with Gasteiger partial charge in [0.25, 0.3) is 0 Å². The fourth-order valence-corrected chi connectivity index (χ4v) is 2.72. The van der Waals surface area contributed by atoms with E-state index in [0.29, 0.717) is 32.8 Å². The SMILES string of the molecule is COCCOCCCNC(=O)[C@@H]1CC(=O)N(c2ccc(C)cc2F)C1. The van der Waals surface area contributed by atoms with Crippen LogP contribution in [0, 0.1) is 18.7 Å². The number of benzene rings is 1. The van der Waals surface area contributed by atoms with E-state index in [1.807, 2.05) is 0 Å². The molecule has 2 rings (SSSR count). The molecule has 7 heteroatoms. The molecule has 0 saturated carbocycles. The van der Waals surface area contributed by atoms with Gasteiger partial charge < -0.3 is 19.7 Å². The first-order chi connectivity index (χ1) is 12.0. The average molecular weight is 352 g/mol. The number of halogens is 1. The minimum absolute atomic E-state index is 0.101. The van der Waals surface area contributed by atoms with Crippen LogP contribution in [0.1, 0.15) is 18.4 Å². The third-order valence-corrected chi connectivity index (χ3v) is 4.09. The molecule has 1 aliphatic rings. The summed E-state index contributed by atoms with van der Waals surface area (Å²) in [4.78, 5) is 25.7. The van der Waals surface area contributed by atoms with Gasteiger partial charge in [0.05, 0.1) is 24.8 Å². The predicted octanol–water partition coefficient (Wildman–Crippen LogP) is 1.66. The summed E-state index contributed by atoms with van der Waals surface area (Å²) in [5, 5.41) is 2.81. The second kappa shape index (κ2) is 9.48. The highest BCUT2D eigenvalue weighted by atomic mass is 19.1. The largest absolute Gasteiger partial charge is 0.382 e. The second-order valence-electron chi connectivity index (χ2n) is 6.11. The molecule has 1 N–H and O–H groups in total. The molecular formula is C18H25FN2O4. The van der Waals surface area contributed by atoms with E-state index >= 15 is 0 Å². The van der Waals surface area contributed by atoms with Gasteiger partial charge in [-0.25, -0.2) is 4.39 Å². The van der Waals surface area contributed by atoms with Crippen molar-refractivity contribution in [3.8, 4) is 0 Å². The van der Waals surface area contributed by atoms with Crippen LogP contribution >= 0.6 is 0 Å². The van der Waals surface area contributed by atoms with Gasteiger partial charge in [-0.2, -0.15) is 0 Å². The first-order valence-corrected chi connectivity index (χ1v) is 8.44. The molecule has 0 unspecified atom stereocenters. The Morgan fingerprint density at radius 3 is 2.88 bits per heavy atom. The maximum absolute atomic E-state index is 14.1. The smallest absolute Gasteiger partial charge is 0.227 e. The zero-order valence-corrected chi connectivity index (χ0v) is 14.7. The summed E-state index contributed by atoms with van der Waals surface area (Å²) in [5.74, 6) is -1.31. The quantitative estimate of drug-likeness (QED) is 0.687. The van der Waals surface area contributed by atoms with Crippen molar-refractivity contribution in [1.82, 2.24) is 5.32 Å². The Kier molecular flexibility index (Phi) is 7.33. The topological polar surface area (TPSA) is 67.9 Å². The van der Waals surface area contributed by atoms with Crippen LogP contribution in [0.4, 0.5) is 10.1 Å². The van der Waals surface area contributed by atoms with Crippen LogP contribution in [0.3, 0.4) is 0 Å². The number of hydrogen-bond acceptors (Lipinski definition) is 4. The lowest BCUT2D eigenvalue weighted by Gasteiger charge is -2.17. The number of nitrogens with one attached hydrogen (secondary N) is 1. The van der Waals surface area contributed by atoms with Gasteiger partial charge in [-0.1, -0.05) is 6.07 Å². The number of rotatable bonds is 9. The van der Waals surface area contributed by atoms with Crippen LogP contribution in [-0.4, -0.2) is 51.8 Å². The fourth-order valence-electron chi connectivity index (χ4n) is 2.72. The summed E-state index contributed by atoms with van der Waals surface area (Å²) in [6.45, 7) is 4.08. The zero-order chi connectivity index (χ0) is 18.2. The van der Waals surface area contributed by atoms with Gasteiger partial charge in [-0.05, 0) is 31.0 Å². The first-order valence-electron chi connectivity index (χ1n) is 8.44.